The fourth-order valence-electron chi connectivity index (χ4n) is 3.62. The van der Waals surface area contributed by atoms with Crippen molar-refractivity contribution in [1.29, 1.82) is 0 Å². The molecule has 4 nitrogen and oxygen atoms in total. The van der Waals surface area contributed by atoms with Gasteiger partial charge in [-0.25, -0.2) is 4.98 Å². The highest BCUT2D eigenvalue weighted by Gasteiger charge is 2.23. The van der Waals surface area contributed by atoms with Crippen molar-refractivity contribution in [3.8, 4) is 0 Å². The molecule has 1 heterocycles. The fourth-order valence-corrected chi connectivity index (χ4v) is 5.17. The van der Waals surface area contributed by atoms with Gasteiger partial charge >= 0.3 is 0 Å². The molecule has 4 aromatic rings. The summed E-state index contributed by atoms with van der Waals surface area (Å²) in [5, 5.41) is 2.79. The molecule has 4 rings (SSSR count). The maximum Gasteiger partial charge on any atom is 0.260 e. The summed E-state index contributed by atoms with van der Waals surface area (Å²) in [6, 6.07) is 20.0. The Balaban J connectivity index is 1.76. The smallest absolute Gasteiger partial charge is 0.260 e. The van der Waals surface area contributed by atoms with Crippen LogP contribution in [0, 0.1) is 0 Å². The van der Waals surface area contributed by atoms with Crippen molar-refractivity contribution < 1.29 is 4.79 Å². The topological polar surface area (TPSA) is 36.4 Å². The summed E-state index contributed by atoms with van der Waals surface area (Å²) < 4.78 is 2.08. The summed E-state index contributed by atoms with van der Waals surface area (Å²) in [5.41, 5.74) is 1.63. The molecule has 0 bridgehead atoms. The summed E-state index contributed by atoms with van der Waals surface area (Å²) >= 11 is 5.09. The predicted molar refractivity (Wildman–Crippen MR) is 131 cm³/mol. The molecule has 0 aliphatic heterocycles. The molecule has 0 saturated carbocycles. The van der Waals surface area contributed by atoms with E-state index < -0.39 is 0 Å². The average molecular weight is 482 g/mol. The van der Waals surface area contributed by atoms with Gasteiger partial charge in [-0.3, -0.25) is 9.69 Å². The van der Waals surface area contributed by atoms with Crippen LogP contribution in [0.4, 0.5) is 5.13 Å². The molecule has 0 atom stereocenters. The maximum absolute atomic E-state index is 13.8. The lowest BCUT2D eigenvalue weighted by molar-refractivity contribution is 0.0985. The summed E-state index contributed by atoms with van der Waals surface area (Å²) in [5.74, 6) is -0.00271. The molecule has 0 aliphatic rings. The minimum absolute atomic E-state index is 0.00271. The van der Waals surface area contributed by atoms with E-state index in [4.69, 9.17) is 4.98 Å². The van der Waals surface area contributed by atoms with E-state index in [1.165, 1.54) is 0 Å². The van der Waals surface area contributed by atoms with Crippen molar-refractivity contribution in [1.82, 2.24) is 9.88 Å². The molecule has 0 aliphatic carbocycles. The van der Waals surface area contributed by atoms with Gasteiger partial charge in [0, 0.05) is 23.1 Å². The zero-order valence-electron chi connectivity index (χ0n) is 17.1. The first-order valence-electron chi connectivity index (χ1n) is 10.2. The van der Waals surface area contributed by atoms with Crippen LogP contribution in [0.1, 0.15) is 24.2 Å². The van der Waals surface area contributed by atoms with Crippen molar-refractivity contribution in [3.05, 3.63) is 70.7 Å². The van der Waals surface area contributed by atoms with Crippen LogP contribution >= 0.6 is 27.3 Å². The van der Waals surface area contributed by atoms with E-state index >= 15 is 0 Å². The Morgan fingerprint density at radius 1 is 1.00 bits per heavy atom. The lowest BCUT2D eigenvalue weighted by Gasteiger charge is -2.25. The van der Waals surface area contributed by atoms with E-state index in [9.17, 15) is 4.79 Å². The van der Waals surface area contributed by atoms with Crippen LogP contribution in [0.3, 0.4) is 0 Å². The standard InChI is InChI=1S/C24H24BrN3OS/c1-3-27(4-2)14-15-28(24-26-21-13-12-18(25)16-22(21)30-24)23(29)20-11-7-9-17-8-5-6-10-19(17)20/h5-13,16H,3-4,14-15H2,1-2H3. The first kappa shape index (κ1) is 21.0. The quantitative estimate of drug-likeness (QED) is 0.315. The lowest BCUT2D eigenvalue weighted by atomic mass is 10.0. The Morgan fingerprint density at radius 3 is 2.57 bits per heavy atom. The molecule has 1 aromatic heterocycles. The third kappa shape index (κ3) is 4.26. The summed E-state index contributed by atoms with van der Waals surface area (Å²) in [4.78, 5) is 22.7. The molecule has 30 heavy (non-hydrogen) atoms. The van der Waals surface area contributed by atoms with Crippen LogP contribution in [-0.4, -0.2) is 42.0 Å². The Morgan fingerprint density at radius 2 is 1.77 bits per heavy atom. The molecular weight excluding hydrogens is 458 g/mol. The van der Waals surface area contributed by atoms with Gasteiger partial charge in [0.1, 0.15) is 0 Å². The van der Waals surface area contributed by atoms with Crippen LogP contribution in [0.25, 0.3) is 21.0 Å². The van der Waals surface area contributed by atoms with E-state index in [-0.39, 0.29) is 5.91 Å². The van der Waals surface area contributed by atoms with E-state index in [1.807, 2.05) is 59.5 Å². The normalized spacial score (nSPS) is 11.5. The molecule has 0 saturated heterocycles. The largest absolute Gasteiger partial charge is 0.302 e. The molecule has 3 aromatic carbocycles. The number of nitrogens with zero attached hydrogens (tertiary/aromatic N) is 3. The summed E-state index contributed by atoms with van der Waals surface area (Å²) in [6.07, 6.45) is 0. The highest BCUT2D eigenvalue weighted by Crippen LogP contribution is 2.32. The number of amides is 1. The van der Waals surface area contributed by atoms with Gasteiger partial charge in [0.2, 0.25) is 0 Å². The van der Waals surface area contributed by atoms with E-state index in [2.05, 4.69) is 40.7 Å². The SMILES string of the molecule is CCN(CC)CCN(C(=O)c1cccc2ccccc12)c1nc2ccc(Br)cc2s1. The summed E-state index contributed by atoms with van der Waals surface area (Å²) in [6.45, 7) is 7.62. The number of anilines is 1. The zero-order valence-corrected chi connectivity index (χ0v) is 19.5. The van der Waals surface area contributed by atoms with Gasteiger partial charge in [0.25, 0.3) is 5.91 Å². The number of fused-ring (bicyclic) bond motifs is 2. The van der Waals surface area contributed by atoms with Crippen LogP contribution in [0.5, 0.6) is 0 Å². The number of carbonyl (C=O) groups is 1. The monoisotopic (exact) mass is 481 g/mol. The Kier molecular flexibility index (Phi) is 6.46. The molecule has 0 N–H and O–H groups in total. The first-order valence-corrected chi connectivity index (χ1v) is 11.8. The van der Waals surface area contributed by atoms with Crippen molar-refractivity contribution in [2.45, 2.75) is 13.8 Å². The number of thiazole rings is 1. The number of rotatable bonds is 7. The summed E-state index contributed by atoms with van der Waals surface area (Å²) in [7, 11) is 0. The number of hydrogen-bond acceptors (Lipinski definition) is 4. The molecule has 154 valence electrons. The Hall–Kier alpha value is -2.28. The van der Waals surface area contributed by atoms with E-state index in [0.717, 1.165) is 50.2 Å². The molecule has 6 heteroatoms. The average Bonchev–Trinajstić information content (AvgIpc) is 3.18. The Bertz CT molecular complexity index is 1180. The van der Waals surface area contributed by atoms with Crippen molar-refractivity contribution in [2.75, 3.05) is 31.1 Å². The molecular formula is C24H24BrN3OS. The van der Waals surface area contributed by atoms with Gasteiger partial charge < -0.3 is 4.90 Å². The fraction of sp³-hybridized carbons (Fsp3) is 0.250. The van der Waals surface area contributed by atoms with Crippen LogP contribution in [0.2, 0.25) is 0 Å². The van der Waals surface area contributed by atoms with Gasteiger partial charge in [0.15, 0.2) is 5.13 Å². The molecule has 0 fully saturated rings. The number of aromatic nitrogens is 1. The van der Waals surface area contributed by atoms with Gasteiger partial charge in [0.05, 0.1) is 10.2 Å². The van der Waals surface area contributed by atoms with Gasteiger partial charge in [-0.2, -0.15) is 0 Å². The lowest BCUT2D eigenvalue weighted by Crippen LogP contribution is -2.39. The molecule has 0 unspecified atom stereocenters. The minimum Gasteiger partial charge on any atom is -0.302 e. The zero-order chi connectivity index (χ0) is 21.1. The third-order valence-electron chi connectivity index (χ3n) is 5.37. The van der Waals surface area contributed by atoms with Gasteiger partial charge in [-0.05, 0) is 48.1 Å². The predicted octanol–water partition coefficient (Wildman–Crippen LogP) is 6.20. The van der Waals surface area contributed by atoms with Gasteiger partial charge in [-0.15, -0.1) is 0 Å². The van der Waals surface area contributed by atoms with Crippen LogP contribution < -0.4 is 4.90 Å². The third-order valence-corrected chi connectivity index (χ3v) is 6.90. The second-order valence-corrected chi connectivity index (χ2v) is 9.04. The minimum atomic E-state index is -0.00271. The van der Waals surface area contributed by atoms with Crippen LogP contribution in [-0.2, 0) is 0 Å². The highest BCUT2D eigenvalue weighted by atomic mass is 79.9. The number of hydrogen-bond donors (Lipinski definition) is 0. The van der Waals surface area contributed by atoms with Crippen LogP contribution in [0.15, 0.2) is 65.1 Å². The second kappa shape index (κ2) is 9.25. The van der Waals surface area contributed by atoms with Crippen molar-refractivity contribution in [2.24, 2.45) is 0 Å². The molecule has 0 spiro atoms. The number of carbonyl (C=O) groups excluding carboxylic acids is 1. The van der Waals surface area contributed by atoms with Crippen molar-refractivity contribution >= 4 is 59.3 Å². The molecule has 0 radical (unpaired) electrons. The van der Waals surface area contributed by atoms with Gasteiger partial charge in [-0.1, -0.05) is 77.5 Å². The highest BCUT2D eigenvalue weighted by molar-refractivity contribution is 9.10. The van der Waals surface area contributed by atoms with Crippen molar-refractivity contribution in [3.63, 3.8) is 0 Å². The van der Waals surface area contributed by atoms with E-state index in [1.54, 1.807) is 11.3 Å². The Labute approximate surface area is 189 Å². The first-order chi connectivity index (χ1) is 14.6. The molecule has 1 amide bonds. The number of likely N-dealkylation sites (N-methyl/N-ethyl adjacent to an activating group) is 1. The number of benzene rings is 3. The maximum atomic E-state index is 13.8. The van der Waals surface area contributed by atoms with E-state index in [0.29, 0.717) is 12.1 Å². The number of halogens is 1. The second-order valence-electron chi connectivity index (χ2n) is 7.12.